The average molecular weight is 1810 g/mol. The van der Waals surface area contributed by atoms with E-state index in [4.69, 9.17) is 75.8 Å². The Morgan fingerprint density at radius 1 is 0.323 bits per heavy atom. The van der Waals surface area contributed by atoms with E-state index < -0.39 is 63.5 Å². The van der Waals surface area contributed by atoms with Crippen LogP contribution in [0.2, 0.25) is 0 Å². The van der Waals surface area contributed by atoms with Crippen LogP contribution in [-0.4, -0.2) is 179 Å². The molecule has 0 N–H and O–H groups in total. The van der Waals surface area contributed by atoms with Crippen LogP contribution >= 0.6 is 0 Å². The van der Waals surface area contributed by atoms with Gasteiger partial charge in [-0.25, -0.2) is 38.4 Å². The Bertz CT molecular complexity index is 4990. The van der Waals surface area contributed by atoms with Crippen molar-refractivity contribution in [2.45, 2.75) is 269 Å². The summed E-state index contributed by atoms with van der Waals surface area (Å²) in [4.78, 5) is 184. The second-order valence-corrected chi connectivity index (χ2v) is 42.6. The zero-order chi connectivity index (χ0) is 93.7. The number of esters is 16. The predicted octanol–water partition coefficient (Wildman–Crippen LogP) is 9.92. The van der Waals surface area contributed by atoms with Gasteiger partial charge in [-0.05, 0) is 170 Å². The third-order valence-corrected chi connectivity index (χ3v) is 34.3. The maximum atomic E-state index is 11.9. The van der Waals surface area contributed by atoms with Crippen molar-refractivity contribution in [3.05, 3.63) is 99.2 Å². The van der Waals surface area contributed by atoms with Crippen LogP contribution in [0, 0.1) is 140 Å². The van der Waals surface area contributed by atoms with E-state index in [0.717, 1.165) is 127 Å². The van der Waals surface area contributed by atoms with E-state index in [1.165, 1.54) is 0 Å². The molecule has 16 bridgehead atoms. The Hall–Kier alpha value is -10.6. The highest BCUT2D eigenvalue weighted by Crippen LogP contribution is 2.71. The minimum atomic E-state index is -0.995. The minimum absolute atomic E-state index is 0.0239. The summed E-state index contributed by atoms with van der Waals surface area (Å²) < 4.78 is 85.9. The normalized spacial score (nSPS) is 46.3. The van der Waals surface area contributed by atoms with Crippen LogP contribution in [0.3, 0.4) is 0 Å². The van der Waals surface area contributed by atoms with Crippen molar-refractivity contribution < 1.29 is 153 Å². The molecule has 0 aromatic heterocycles. The fourth-order valence-electron chi connectivity index (χ4n) is 28.8. The molecule has 700 valence electrons. The van der Waals surface area contributed by atoms with Gasteiger partial charge in [0.15, 0.2) is 0 Å². The Kier molecular flexibility index (Phi) is 22.6. The van der Waals surface area contributed by atoms with E-state index >= 15 is 0 Å². The van der Waals surface area contributed by atoms with Crippen molar-refractivity contribution in [2.24, 2.45) is 140 Å². The second kappa shape index (κ2) is 32.1. The summed E-state index contributed by atoms with van der Waals surface area (Å²) in [6.07, 6.45) is 17.4. The summed E-state index contributed by atoms with van der Waals surface area (Å²) in [5.74, 6) is -2.63. The summed E-state index contributed by atoms with van der Waals surface area (Å²) in [7, 11) is 0. The van der Waals surface area contributed by atoms with E-state index in [1.807, 2.05) is 27.7 Å². The van der Waals surface area contributed by atoms with Crippen LogP contribution in [-0.2, 0) is 153 Å². The summed E-state index contributed by atoms with van der Waals surface area (Å²) in [6.45, 7) is 46.0. The smallest absolute Gasteiger partial charge is 0.336 e. The van der Waals surface area contributed by atoms with Gasteiger partial charge >= 0.3 is 95.5 Å². The molecule has 0 spiro atoms. The summed E-state index contributed by atoms with van der Waals surface area (Å²) in [5, 5.41) is 0. The Morgan fingerprint density at radius 3 is 1.08 bits per heavy atom. The van der Waals surface area contributed by atoms with Crippen molar-refractivity contribution in [3.63, 3.8) is 0 Å². The molecule has 16 aliphatic carbocycles. The molecule has 130 heavy (non-hydrogen) atoms. The van der Waals surface area contributed by atoms with Crippen molar-refractivity contribution in [2.75, 3.05) is 0 Å². The van der Waals surface area contributed by atoms with Crippen LogP contribution in [0.25, 0.3) is 0 Å². The molecule has 0 amide bonds. The van der Waals surface area contributed by atoms with Crippen LogP contribution in [0.5, 0.6) is 0 Å². The number of hydrogen-bond donors (Lipinski definition) is 0. The lowest BCUT2D eigenvalue weighted by molar-refractivity contribution is -0.221. The third-order valence-electron chi connectivity index (χ3n) is 34.3. The highest BCUT2D eigenvalue weighted by atomic mass is 16.8. The quantitative estimate of drug-likeness (QED) is 0.0787. The maximum absolute atomic E-state index is 11.9. The van der Waals surface area contributed by atoms with Crippen molar-refractivity contribution in [3.8, 4) is 0 Å². The van der Waals surface area contributed by atoms with Gasteiger partial charge in [-0.1, -0.05) is 66.5 Å². The molecule has 24 rings (SSSR count). The number of carbonyl (C=O) groups is 16. The fourth-order valence-corrected chi connectivity index (χ4v) is 28.8. The third kappa shape index (κ3) is 14.5. The van der Waals surface area contributed by atoms with Gasteiger partial charge in [0.1, 0.15) is 72.2 Å². The van der Waals surface area contributed by atoms with E-state index in [-0.39, 0.29) is 232 Å². The summed E-state index contributed by atoms with van der Waals surface area (Å²) in [5.41, 5.74) is -0.769. The molecule has 24 fully saturated rings. The van der Waals surface area contributed by atoms with Crippen LogP contribution in [0.15, 0.2) is 99.2 Å². The predicted molar refractivity (Wildman–Crippen MR) is 443 cm³/mol. The number of ether oxygens (including phenoxy) is 16. The molecule has 38 unspecified atom stereocenters. The van der Waals surface area contributed by atoms with Gasteiger partial charge < -0.3 is 75.8 Å². The van der Waals surface area contributed by atoms with Gasteiger partial charge in [0.25, 0.3) is 11.6 Å². The highest BCUT2D eigenvalue weighted by molar-refractivity contribution is 5.91. The van der Waals surface area contributed by atoms with Gasteiger partial charge in [0.05, 0.1) is 58.2 Å². The van der Waals surface area contributed by atoms with Gasteiger partial charge in [-0.15, -0.1) is 0 Å². The topological polar surface area (TPSA) is 421 Å². The number of fused-ring (bicyclic) bond motifs is 8. The Labute approximate surface area is 752 Å². The molecule has 0 aromatic rings. The molecule has 32 nitrogen and oxygen atoms in total. The molecule has 38 atom stereocenters. The second-order valence-electron chi connectivity index (χ2n) is 42.6. The number of carbonyl (C=O) groups excluding carboxylic acids is 16. The van der Waals surface area contributed by atoms with Crippen LogP contribution in [0.1, 0.15) is 185 Å². The molecular formula is C98H116O32. The zero-order valence-corrected chi connectivity index (χ0v) is 75.1. The van der Waals surface area contributed by atoms with E-state index in [0.29, 0.717) is 58.8 Å². The van der Waals surface area contributed by atoms with Crippen molar-refractivity contribution in [1.29, 1.82) is 0 Å². The van der Waals surface area contributed by atoms with Gasteiger partial charge in [-0.2, -0.15) is 0 Å². The first-order chi connectivity index (χ1) is 61.1. The largest absolute Gasteiger partial charge is 0.458 e. The Morgan fingerprint density at radius 2 is 0.669 bits per heavy atom. The molecule has 24 aliphatic rings. The first-order valence-electron chi connectivity index (χ1n) is 45.7. The van der Waals surface area contributed by atoms with Crippen molar-refractivity contribution in [1.82, 2.24) is 0 Å². The first-order valence-corrected chi connectivity index (χ1v) is 45.7. The molecule has 8 saturated heterocycles. The molecule has 0 aromatic carbocycles. The van der Waals surface area contributed by atoms with E-state index in [1.54, 1.807) is 27.7 Å². The van der Waals surface area contributed by atoms with Gasteiger partial charge in [0.2, 0.25) is 0 Å². The molecular weight excluding hydrogens is 1690 g/mol. The average Bonchev–Trinajstić information content (AvgIpc) is 1.52. The van der Waals surface area contributed by atoms with E-state index in [9.17, 15) is 76.7 Å². The SMILES string of the molecule is C=C(C)C(=O)OC12CC3CC1C(C)(C3)C(=O)O2.C=C(C)C(=O)OC1C2CC3C(=O)OC1(C)C3C2.C=C(C)C(=O)OC1C2CC3C(=O)OC1C3C2.C=C(C)C(=O)OC1C2OC(=O)C3CC1(C)CC32.C=CC(=O)OC12CC3CC1C(C)(C3)C(=O)O2.C=CC(=O)OC1C2CC3C(=O)OC1(C)C3C2.C=CC(=O)OC1C2CC3C(=O)OC1C3C2.C=CC(=O)OC1C2OC(=O)C3CC1(C)CC32. The maximum Gasteiger partial charge on any atom is 0.336 e. The van der Waals surface area contributed by atoms with E-state index in [2.05, 4.69) is 66.5 Å². The van der Waals surface area contributed by atoms with Crippen LogP contribution < -0.4 is 0 Å². The standard InChI is InChI=1S/3C13H16O4.4C12H14O4.C11H12O4/c1-7(2)10(14)16-13-6-8-4-9(13)12(3,5-8)11(15)17-13;1-6(2)11(14)17-10-9-7-4-13(10,3)5-8(7)12(15)16-9;1-6(2)11(14)16-10-7-4-8-9(5-7)13(10,3)17-12(8)15;1-5(2)11(13)15-9-6-3-7-8(4-6)12(14)16-10(7)9;1-3-9(13)15-12-6-7-4-8(12)11(2,5-7)10(14)16-12;1-3-8(13)15-10-9-6-4-12(10,2)5-7(6)11(14)16-9;1-3-9(13)15-10-6-4-7-8(5-6)12(10,2)16-11(7)14;1-2-8(12)14-9-5-3-6-7(4-5)11(13)15-10(6)9/h8-9H,1,4-6H2,2-3H3;2*7-10H,1,4-5H2,2-3H3;6-10H,1,3-4H2,2H3;3,7-8H,1,4-6H2,2H3;3,6-7,9-10H,1,4-5H2,2H3;3,6-8,10H,1,4-5H2,2H3;2,5-7,9-10H,1,3-4H2. The molecule has 32 heteroatoms. The van der Waals surface area contributed by atoms with Crippen molar-refractivity contribution >= 4 is 95.5 Å². The zero-order valence-electron chi connectivity index (χ0n) is 75.1. The molecule has 8 heterocycles. The molecule has 0 radical (unpaired) electrons. The molecule has 8 aliphatic heterocycles. The Balaban J connectivity index is 0.000000104. The van der Waals surface area contributed by atoms with Gasteiger partial charge in [-0.3, -0.25) is 38.4 Å². The number of hydrogen-bond acceptors (Lipinski definition) is 32. The summed E-state index contributed by atoms with van der Waals surface area (Å²) in [6, 6.07) is 0. The molecule has 16 saturated carbocycles. The lowest BCUT2D eigenvalue weighted by Crippen LogP contribution is -2.46. The summed E-state index contributed by atoms with van der Waals surface area (Å²) >= 11 is 0. The highest BCUT2D eigenvalue weighted by Gasteiger charge is 2.78. The fraction of sp³-hybridized carbons (Fsp3) is 0.673. The van der Waals surface area contributed by atoms with Crippen LogP contribution in [0.4, 0.5) is 0 Å². The monoisotopic (exact) mass is 1800 g/mol. The lowest BCUT2D eigenvalue weighted by Gasteiger charge is -2.34. The lowest BCUT2D eigenvalue weighted by atomic mass is 9.74. The minimum Gasteiger partial charge on any atom is -0.458 e. The van der Waals surface area contributed by atoms with Gasteiger partial charge in [0, 0.05) is 129 Å². The first kappa shape index (κ1) is 91.3. The number of rotatable bonds is 16.